The van der Waals surface area contributed by atoms with Gasteiger partial charge in [0.1, 0.15) is 5.75 Å². The number of hydrogen-bond donors (Lipinski definition) is 3. The first kappa shape index (κ1) is 27.1. The first-order chi connectivity index (χ1) is 18.8. The molecule has 0 unspecified atom stereocenters. The van der Waals surface area contributed by atoms with E-state index >= 15 is 0 Å². The van der Waals surface area contributed by atoms with Crippen LogP contribution in [0.15, 0.2) is 66.7 Å². The smallest absolute Gasteiger partial charge is 0.342 e. The average molecular weight is 584 g/mol. The molecular weight excluding hydrogens is 559 g/mol. The third-order valence-corrected chi connectivity index (χ3v) is 7.76. The fourth-order valence-corrected chi connectivity index (χ4v) is 5.18. The average Bonchev–Trinajstić information content (AvgIpc) is 3.60. The number of halogens is 3. The Hall–Kier alpha value is -3.52. The molecule has 7 nitrogen and oxygen atoms in total. The van der Waals surface area contributed by atoms with E-state index in [4.69, 9.17) is 34.8 Å². The van der Waals surface area contributed by atoms with Crippen molar-refractivity contribution in [3.8, 4) is 17.0 Å². The van der Waals surface area contributed by atoms with Crippen LogP contribution in [0.1, 0.15) is 53.2 Å². The highest BCUT2D eigenvalue weighted by molar-refractivity contribution is 6.42. The number of aromatic hydroxyl groups is 1. The molecule has 0 saturated heterocycles. The van der Waals surface area contributed by atoms with Crippen LogP contribution in [-0.2, 0) is 6.54 Å². The minimum atomic E-state index is -0.374. The normalized spacial score (nSPS) is 13.4. The number of benzene rings is 3. The first-order valence-electron chi connectivity index (χ1n) is 12.5. The molecule has 4 aromatic rings. The number of carbonyl (C=O) groups excluding carboxylic acids is 2. The molecule has 3 aromatic carbocycles. The molecular formula is C29H25Cl3N4O3. The molecule has 39 heavy (non-hydrogen) atoms. The number of rotatable bonds is 6. The summed E-state index contributed by atoms with van der Waals surface area (Å²) in [5.41, 5.74) is 3.39. The van der Waals surface area contributed by atoms with Gasteiger partial charge in [0.05, 0.1) is 21.4 Å². The molecule has 1 aliphatic carbocycles. The van der Waals surface area contributed by atoms with Gasteiger partial charge in [0.25, 0.3) is 5.91 Å². The van der Waals surface area contributed by atoms with Gasteiger partial charge in [0.15, 0.2) is 0 Å². The number of phenolic OH excluding ortho intramolecular Hbond substituents is 1. The van der Waals surface area contributed by atoms with Crippen molar-refractivity contribution in [2.24, 2.45) is 0 Å². The maximum atomic E-state index is 13.2. The molecule has 0 aliphatic heterocycles. The lowest BCUT2D eigenvalue weighted by Gasteiger charge is -2.12. The number of nitrogens with one attached hydrogen (secondary N) is 2. The Morgan fingerprint density at radius 2 is 1.67 bits per heavy atom. The SMILES string of the molecule is O=C(Nc1ccc(-c2cc(C3CCCC3)n(C(=O)NCc3ccc(Cl)c(Cl)c3)n2)c(O)c1)c1ccc(Cl)cc1. The van der Waals surface area contributed by atoms with E-state index in [-0.39, 0.29) is 30.2 Å². The molecule has 0 atom stereocenters. The molecule has 1 saturated carbocycles. The number of nitrogens with zero attached hydrogens (tertiary/aromatic N) is 2. The van der Waals surface area contributed by atoms with Crippen LogP contribution in [0.2, 0.25) is 15.1 Å². The summed E-state index contributed by atoms with van der Waals surface area (Å²) in [5.74, 6) is -0.199. The molecule has 2 amide bonds. The van der Waals surface area contributed by atoms with Crippen LogP contribution in [0.5, 0.6) is 5.75 Å². The number of phenols is 1. The van der Waals surface area contributed by atoms with Gasteiger partial charge in [-0.25, -0.2) is 4.79 Å². The lowest BCUT2D eigenvalue weighted by Crippen LogP contribution is -2.30. The second-order valence-electron chi connectivity index (χ2n) is 9.45. The van der Waals surface area contributed by atoms with Gasteiger partial charge in [-0.05, 0) is 73.0 Å². The van der Waals surface area contributed by atoms with Crippen molar-refractivity contribution >= 4 is 52.4 Å². The van der Waals surface area contributed by atoms with Crippen LogP contribution in [-0.4, -0.2) is 26.8 Å². The molecule has 1 aliphatic rings. The number of hydrogen-bond acceptors (Lipinski definition) is 4. The fraction of sp³-hybridized carbons (Fsp3) is 0.207. The minimum absolute atomic E-state index is 0.0669. The largest absolute Gasteiger partial charge is 0.507 e. The van der Waals surface area contributed by atoms with Crippen LogP contribution < -0.4 is 10.6 Å². The van der Waals surface area contributed by atoms with Gasteiger partial charge in [0.2, 0.25) is 0 Å². The fourth-order valence-electron chi connectivity index (χ4n) is 4.73. The van der Waals surface area contributed by atoms with Gasteiger partial charge in [0, 0.05) is 40.4 Å². The number of amides is 2. The maximum absolute atomic E-state index is 13.2. The summed E-state index contributed by atoms with van der Waals surface area (Å²) in [6.07, 6.45) is 4.10. The number of anilines is 1. The first-order valence-corrected chi connectivity index (χ1v) is 13.6. The second-order valence-corrected chi connectivity index (χ2v) is 10.7. The van der Waals surface area contributed by atoms with Crippen molar-refractivity contribution in [3.05, 3.63) is 98.6 Å². The zero-order valence-electron chi connectivity index (χ0n) is 20.8. The van der Waals surface area contributed by atoms with Crippen molar-refractivity contribution in [1.82, 2.24) is 15.1 Å². The summed E-state index contributed by atoms with van der Waals surface area (Å²) in [6.45, 7) is 0.252. The van der Waals surface area contributed by atoms with Crippen molar-refractivity contribution < 1.29 is 14.7 Å². The van der Waals surface area contributed by atoms with E-state index in [0.717, 1.165) is 36.9 Å². The molecule has 0 bridgehead atoms. The predicted molar refractivity (Wildman–Crippen MR) is 154 cm³/mol. The predicted octanol–water partition coefficient (Wildman–Crippen LogP) is 7.88. The van der Waals surface area contributed by atoms with Gasteiger partial charge in [-0.15, -0.1) is 0 Å². The molecule has 3 N–H and O–H groups in total. The monoisotopic (exact) mass is 582 g/mol. The quantitative estimate of drug-likeness (QED) is 0.215. The van der Waals surface area contributed by atoms with Crippen molar-refractivity contribution in [2.75, 3.05) is 5.32 Å². The third-order valence-electron chi connectivity index (χ3n) is 6.77. The van der Waals surface area contributed by atoms with E-state index in [1.165, 1.54) is 10.7 Å². The number of aromatic nitrogens is 2. The molecule has 5 rings (SSSR count). The summed E-state index contributed by atoms with van der Waals surface area (Å²) in [7, 11) is 0. The Morgan fingerprint density at radius 1 is 0.923 bits per heavy atom. The highest BCUT2D eigenvalue weighted by Crippen LogP contribution is 2.38. The van der Waals surface area contributed by atoms with E-state index in [9.17, 15) is 14.7 Å². The van der Waals surface area contributed by atoms with Gasteiger partial charge in [-0.1, -0.05) is 53.7 Å². The lowest BCUT2D eigenvalue weighted by molar-refractivity contribution is 0.102. The summed E-state index contributed by atoms with van der Waals surface area (Å²) in [6, 6.07) is 18.0. The highest BCUT2D eigenvalue weighted by Gasteiger charge is 2.26. The standard InChI is InChI=1S/C29H25Cl3N4O3/c30-20-8-6-19(7-9-20)28(38)34-21-10-11-22(27(37)14-21)25-15-26(18-3-1-2-4-18)36(35-25)29(39)33-16-17-5-12-23(31)24(32)13-17/h5-15,18,37H,1-4,16H2,(H,33,39)(H,34,38). The second kappa shape index (κ2) is 11.7. The molecule has 0 radical (unpaired) electrons. The van der Waals surface area contributed by atoms with Crippen LogP contribution >= 0.6 is 34.8 Å². The molecule has 1 fully saturated rings. The highest BCUT2D eigenvalue weighted by atomic mass is 35.5. The van der Waals surface area contributed by atoms with Crippen LogP contribution in [0.3, 0.4) is 0 Å². The summed E-state index contributed by atoms with van der Waals surface area (Å²) in [4.78, 5) is 25.8. The Bertz CT molecular complexity index is 1530. The zero-order valence-corrected chi connectivity index (χ0v) is 23.0. The molecule has 10 heteroatoms. The molecule has 1 heterocycles. The molecule has 200 valence electrons. The number of carbonyl (C=O) groups is 2. The summed E-state index contributed by atoms with van der Waals surface area (Å²) < 4.78 is 1.39. The zero-order chi connectivity index (χ0) is 27.5. The summed E-state index contributed by atoms with van der Waals surface area (Å²) >= 11 is 18.0. The van der Waals surface area contributed by atoms with E-state index in [1.807, 2.05) is 6.07 Å². The molecule has 1 aromatic heterocycles. The Balaban J connectivity index is 1.37. The Morgan fingerprint density at radius 3 is 2.36 bits per heavy atom. The van der Waals surface area contributed by atoms with Crippen LogP contribution in [0.25, 0.3) is 11.3 Å². The molecule has 0 spiro atoms. The summed E-state index contributed by atoms with van der Waals surface area (Å²) in [5, 5.41) is 22.5. The van der Waals surface area contributed by atoms with Crippen molar-refractivity contribution in [2.45, 2.75) is 38.1 Å². The third kappa shape index (κ3) is 6.22. The van der Waals surface area contributed by atoms with Crippen LogP contribution in [0, 0.1) is 0 Å². The van der Waals surface area contributed by atoms with E-state index in [1.54, 1.807) is 54.6 Å². The van der Waals surface area contributed by atoms with E-state index in [0.29, 0.717) is 37.6 Å². The maximum Gasteiger partial charge on any atom is 0.342 e. The van der Waals surface area contributed by atoms with Crippen molar-refractivity contribution in [1.29, 1.82) is 0 Å². The minimum Gasteiger partial charge on any atom is -0.507 e. The van der Waals surface area contributed by atoms with E-state index < -0.39 is 0 Å². The topological polar surface area (TPSA) is 96.3 Å². The van der Waals surface area contributed by atoms with Gasteiger partial charge in [-0.2, -0.15) is 9.78 Å². The Labute approximate surface area is 240 Å². The lowest BCUT2D eigenvalue weighted by atomic mass is 10.0. The van der Waals surface area contributed by atoms with Crippen molar-refractivity contribution in [3.63, 3.8) is 0 Å². The van der Waals surface area contributed by atoms with Gasteiger partial charge >= 0.3 is 6.03 Å². The van der Waals surface area contributed by atoms with Gasteiger partial charge in [-0.3, -0.25) is 4.79 Å². The Kier molecular flexibility index (Phi) is 8.12. The van der Waals surface area contributed by atoms with Gasteiger partial charge < -0.3 is 15.7 Å². The van der Waals surface area contributed by atoms with Crippen LogP contribution in [0.4, 0.5) is 10.5 Å². The van der Waals surface area contributed by atoms with E-state index in [2.05, 4.69) is 15.7 Å².